The standard InChI is InChI=1S/C19H23N3O4/c1-5-11-21(15-8-6-7-9-16(15)22(24)25)17(14-10-12-26-13-14)18(23)20-19(2,3)4/h5-10,12-13,17H,1,11H2,2-4H3,(H,20,23). The summed E-state index contributed by atoms with van der Waals surface area (Å²) in [5.74, 6) is -0.279. The van der Waals surface area contributed by atoms with Crippen molar-refractivity contribution in [3.05, 3.63) is 71.2 Å². The number of hydrogen-bond acceptors (Lipinski definition) is 5. The van der Waals surface area contributed by atoms with Crippen LogP contribution in [0.2, 0.25) is 0 Å². The molecule has 138 valence electrons. The number of carbonyl (C=O) groups is 1. The van der Waals surface area contributed by atoms with E-state index in [0.29, 0.717) is 11.3 Å². The summed E-state index contributed by atoms with van der Waals surface area (Å²) in [6.07, 6.45) is 4.55. The number of amides is 1. The maximum absolute atomic E-state index is 13.0. The number of rotatable bonds is 7. The Bertz CT molecular complexity index is 778. The van der Waals surface area contributed by atoms with Gasteiger partial charge in [-0.05, 0) is 32.9 Å². The number of hydrogen-bond donors (Lipinski definition) is 1. The first kappa shape index (κ1) is 19.2. The molecular weight excluding hydrogens is 334 g/mol. The number of nitrogens with zero attached hydrogens (tertiary/aromatic N) is 2. The molecule has 0 saturated carbocycles. The average Bonchev–Trinajstić information content (AvgIpc) is 3.06. The highest BCUT2D eigenvalue weighted by Gasteiger charge is 2.33. The highest BCUT2D eigenvalue weighted by molar-refractivity contribution is 5.88. The van der Waals surface area contributed by atoms with Crippen LogP contribution >= 0.6 is 0 Å². The minimum Gasteiger partial charge on any atom is -0.472 e. The molecule has 7 nitrogen and oxygen atoms in total. The maximum Gasteiger partial charge on any atom is 0.292 e. The van der Waals surface area contributed by atoms with Crippen LogP contribution in [0, 0.1) is 10.1 Å². The molecule has 0 spiro atoms. The molecule has 1 amide bonds. The molecule has 7 heteroatoms. The van der Waals surface area contributed by atoms with Crippen LogP contribution in [0.5, 0.6) is 0 Å². The van der Waals surface area contributed by atoms with Gasteiger partial charge in [-0.3, -0.25) is 14.9 Å². The van der Waals surface area contributed by atoms with E-state index in [4.69, 9.17) is 4.42 Å². The molecule has 0 aliphatic rings. The third-order valence-corrected chi connectivity index (χ3v) is 3.63. The first-order valence-electron chi connectivity index (χ1n) is 8.19. The van der Waals surface area contributed by atoms with Crippen molar-refractivity contribution in [1.29, 1.82) is 0 Å². The predicted octanol–water partition coefficient (Wildman–Crippen LogP) is 3.84. The number of carbonyl (C=O) groups excluding carboxylic acids is 1. The summed E-state index contributed by atoms with van der Waals surface area (Å²) >= 11 is 0. The lowest BCUT2D eigenvalue weighted by Gasteiger charge is -2.33. The van der Waals surface area contributed by atoms with Gasteiger partial charge in [0.15, 0.2) is 0 Å². The van der Waals surface area contributed by atoms with Crippen LogP contribution in [0.4, 0.5) is 11.4 Å². The fourth-order valence-electron chi connectivity index (χ4n) is 2.68. The molecule has 1 aromatic heterocycles. The second-order valence-electron chi connectivity index (χ2n) is 6.89. The van der Waals surface area contributed by atoms with E-state index in [9.17, 15) is 14.9 Å². The van der Waals surface area contributed by atoms with E-state index < -0.39 is 16.5 Å². The van der Waals surface area contributed by atoms with Crippen molar-refractivity contribution in [3.8, 4) is 0 Å². The maximum atomic E-state index is 13.0. The molecule has 26 heavy (non-hydrogen) atoms. The third kappa shape index (κ3) is 4.50. The Kier molecular flexibility index (Phi) is 5.82. The molecule has 2 rings (SSSR count). The number of nitro groups is 1. The molecule has 0 aliphatic carbocycles. The molecule has 0 fully saturated rings. The van der Waals surface area contributed by atoms with Crippen molar-refractivity contribution in [2.45, 2.75) is 32.4 Å². The SMILES string of the molecule is C=CCN(c1ccccc1[N+](=O)[O-])C(C(=O)NC(C)(C)C)c1ccoc1. The summed E-state index contributed by atoms with van der Waals surface area (Å²) in [5, 5.41) is 14.4. The summed E-state index contributed by atoms with van der Waals surface area (Å²) < 4.78 is 5.15. The minimum absolute atomic E-state index is 0.0774. The van der Waals surface area contributed by atoms with Crippen LogP contribution < -0.4 is 10.2 Å². The van der Waals surface area contributed by atoms with Crippen molar-refractivity contribution in [1.82, 2.24) is 5.32 Å². The molecule has 1 N–H and O–H groups in total. The Labute approximate surface area is 152 Å². The molecule has 0 saturated heterocycles. The van der Waals surface area contributed by atoms with Crippen molar-refractivity contribution in [3.63, 3.8) is 0 Å². The predicted molar refractivity (Wildman–Crippen MR) is 100.0 cm³/mol. The number of nitro benzene ring substituents is 1. The van der Waals surface area contributed by atoms with Gasteiger partial charge >= 0.3 is 0 Å². The first-order valence-corrected chi connectivity index (χ1v) is 8.19. The molecule has 0 aliphatic heterocycles. The fourth-order valence-corrected chi connectivity index (χ4v) is 2.68. The van der Waals surface area contributed by atoms with Crippen molar-refractivity contribution in [2.75, 3.05) is 11.4 Å². The lowest BCUT2D eigenvalue weighted by Crippen LogP contribution is -2.48. The molecule has 0 bridgehead atoms. The zero-order chi connectivity index (χ0) is 19.3. The fraction of sp³-hybridized carbons (Fsp3) is 0.316. The normalized spacial score (nSPS) is 12.3. The van der Waals surface area contributed by atoms with Crippen LogP contribution in [0.3, 0.4) is 0 Å². The van der Waals surface area contributed by atoms with Crippen LogP contribution in [-0.2, 0) is 4.79 Å². The van der Waals surface area contributed by atoms with Gasteiger partial charge in [0, 0.05) is 23.7 Å². The minimum atomic E-state index is -0.799. The summed E-state index contributed by atoms with van der Waals surface area (Å²) in [6, 6.07) is 7.21. The largest absolute Gasteiger partial charge is 0.472 e. The van der Waals surface area contributed by atoms with E-state index in [-0.39, 0.29) is 18.1 Å². The highest BCUT2D eigenvalue weighted by atomic mass is 16.6. The summed E-state index contributed by atoms with van der Waals surface area (Å²) in [6.45, 7) is 9.61. The Hall–Kier alpha value is -3.09. The lowest BCUT2D eigenvalue weighted by atomic mass is 10.0. The van der Waals surface area contributed by atoms with Gasteiger partial charge in [0.25, 0.3) is 5.69 Å². The number of benzene rings is 1. The van der Waals surface area contributed by atoms with Crippen LogP contribution in [0.1, 0.15) is 32.4 Å². The number of nitrogens with one attached hydrogen (secondary N) is 1. The Morgan fingerprint density at radius 2 is 2.08 bits per heavy atom. The van der Waals surface area contributed by atoms with E-state index in [2.05, 4.69) is 11.9 Å². The van der Waals surface area contributed by atoms with Gasteiger partial charge in [-0.1, -0.05) is 18.2 Å². The molecule has 2 aromatic rings. The topological polar surface area (TPSA) is 88.6 Å². The van der Waals surface area contributed by atoms with Crippen molar-refractivity contribution >= 4 is 17.3 Å². The van der Waals surface area contributed by atoms with Crippen molar-refractivity contribution in [2.24, 2.45) is 0 Å². The number of para-hydroxylation sites is 2. The van der Waals surface area contributed by atoms with Crippen LogP contribution in [0.15, 0.2) is 59.9 Å². The summed E-state index contributed by atoms with van der Waals surface area (Å²) in [7, 11) is 0. The molecule has 1 atom stereocenters. The van der Waals surface area contributed by atoms with E-state index in [1.165, 1.54) is 18.6 Å². The lowest BCUT2D eigenvalue weighted by molar-refractivity contribution is -0.384. The van der Waals surface area contributed by atoms with Gasteiger partial charge in [0.05, 0.1) is 17.4 Å². The van der Waals surface area contributed by atoms with Gasteiger partial charge in [-0.15, -0.1) is 6.58 Å². The van der Waals surface area contributed by atoms with Gasteiger partial charge in [-0.2, -0.15) is 0 Å². The van der Waals surface area contributed by atoms with Gasteiger partial charge in [0.1, 0.15) is 11.7 Å². The van der Waals surface area contributed by atoms with E-state index in [1.54, 1.807) is 35.2 Å². The molecule has 0 radical (unpaired) electrons. The van der Waals surface area contributed by atoms with Crippen molar-refractivity contribution < 1.29 is 14.1 Å². The van der Waals surface area contributed by atoms with E-state index in [0.717, 1.165) is 0 Å². The van der Waals surface area contributed by atoms with Gasteiger partial charge < -0.3 is 14.6 Å². The zero-order valence-corrected chi connectivity index (χ0v) is 15.1. The van der Waals surface area contributed by atoms with Crippen LogP contribution in [-0.4, -0.2) is 22.9 Å². The monoisotopic (exact) mass is 357 g/mol. The smallest absolute Gasteiger partial charge is 0.292 e. The number of anilines is 1. The second-order valence-corrected chi connectivity index (χ2v) is 6.89. The molecule has 1 heterocycles. The van der Waals surface area contributed by atoms with Gasteiger partial charge in [-0.25, -0.2) is 0 Å². The Morgan fingerprint density at radius 1 is 1.38 bits per heavy atom. The van der Waals surface area contributed by atoms with Crippen LogP contribution in [0.25, 0.3) is 0 Å². The Balaban J connectivity index is 2.57. The van der Waals surface area contributed by atoms with Gasteiger partial charge in [0.2, 0.25) is 5.91 Å². The quantitative estimate of drug-likeness (QED) is 0.462. The molecule has 1 unspecified atom stereocenters. The third-order valence-electron chi connectivity index (χ3n) is 3.63. The number of furan rings is 1. The highest BCUT2D eigenvalue weighted by Crippen LogP contribution is 2.34. The summed E-state index contributed by atoms with van der Waals surface area (Å²) in [4.78, 5) is 25.7. The first-order chi connectivity index (χ1) is 12.2. The Morgan fingerprint density at radius 3 is 2.62 bits per heavy atom. The average molecular weight is 357 g/mol. The summed E-state index contributed by atoms with van der Waals surface area (Å²) in [5.41, 5.74) is 0.410. The molecule has 1 aromatic carbocycles. The van der Waals surface area contributed by atoms with E-state index in [1.807, 2.05) is 20.8 Å². The second kappa shape index (κ2) is 7.86. The zero-order valence-electron chi connectivity index (χ0n) is 15.1. The molecular formula is C19H23N3O4. The van der Waals surface area contributed by atoms with E-state index >= 15 is 0 Å².